The van der Waals surface area contributed by atoms with Gasteiger partial charge in [-0.05, 0) is 26.2 Å². The minimum atomic E-state index is 0.275. The molecule has 1 saturated carbocycles. The van der Waals surface area contributed by atoms with Crippen LogP contribution in [0.5, 0.6) is 0 Å². The molecule has 1 aliphatic heterocycles. The summed E-state index contributed by atoms with van der Waals surface area (Å²) in [6.07, 6.45) is 3.48. The molecule has 19 heavy (non-hydrogen) atoms. The van der Waals surface area contributed by atoms with Gasteiger partial charge in [-0.25, -0.2) is 9.97 Å². The molecule has 2 fully saturated rings. The van der Waals surface area contributed by atoms with Crippen LogP contribution in [0.4, 0.5) is 11.6 Å². The quantitative estimate of drug-likeness (QED) is 0.844. The lowest BCUT2D eigenvalue weighted by Crippen LogP contribution is -2.22. The Morgan fingerprint density at radius 1 is 1.37 bits per heavy atom. The topological polar surface area (TPSA) is 61.3 Å². The number of aromatic nitrogens is 2. The fraction of sp³-hybridized carbons (Fsp3) is 0.714. The number of aliphatic hydroxyl groups excluding tert-OH is 1. The third kappa shape index (κ3) is 2.81. The molecule has 0 radical (unpaired) electrons. The summed E-state index contributed by atoms with van der Waals surface area (Å²) < 4.78 is 0. The van der Waals surface area contributed by atoms with E-state index in [2.05, 4.69) is 22.1 Å². The molecule has 0 amide bonds. The second-order valence-electron chi connectivity index (χ2n) is 5.56. The summed E-state index contributed by atoms with van der Waals surface area (Å²) in [7, 11) is 0. The smallest absolute Gasteiger partial charge is 0.136 e. The Bertz CT molecular complexity index is 447. The van der Waals surface area contributed by atoms with Crippen LogP contribution in [-0.2, 0) is 0 Å². The number of hydrogen-bond acceptors (Lipinski definition) is 5. The van der Waals surface area contributed by atoms with Gasteiger partial charge in [0, 0.05) is 44.1 Å². The Morgan fingerprint density at radius 3 is 2.84 bits per heavy atom. The molecule has 5 nitrogen and oxygen atoms in total. The normalized spacial score (nSPS) is 22.8. The molecule has 1 atom stereocenters. The zero-order valence-electron chi connectivity index (χ0n) is 11.5. The van der Waals surface area contributed by atoms with Crippen LogP contribution in [0.3, 0.4) is 0 Å². The Hall–Kier alpha value is -1.36. The standard InChI is InChI=1S/C14H22N4O/c1-2-15-12-7-13(17-14(16-12)11-3-4-11)18-6-5-10(8-18)9-19/h7,10-11,19H,2-6,8-9H2,1H3,(H,15,16,17). The second-order valence-corrected chi connectivity index (χ2v) is 5.56. The van der Waals surface area contributed by atoms with Gasteiger partial charge in [0.2, 0.25) is 0 Å². The number of nitrogens with one attached hydrogen (secondary N) is 1. The van der Waals surface area contributed by atoms with Gasteiger partial charge in [0.25, 0.3) is 0 Å². The summed E-state index contributed by atoms with van der Waals surface area (Å²) in [5, 5.41) is 12.5. The molecule has 1 aromatic rings. The average Bonchev–Trinajstić information content (AvgIpc) is 3.16. The van der Waals surface area contributed by atoms with E-state index in [0.29, 0.717) is 11.8 Å². The zero-order valence-corrected chi connectivity index (χ0v) is 11.5. The van der Waals surface area contributed by atoms with E-state index in [-0.39, 0.29) is 6.61 Å². The minimum Gasteiger partial charge on any atom is -0.396 e. The van der Waals surface area contributed by atoms with Crippen molar-refractivity contribution in [3.63, 3.8) is 0 Å². The molecule has 1 unspecified atom stereocenters. The highest BCUT2D eigenvalue weighted by atomic mass is 16.3. The first-order valence-corrected chi connectivity index (χ1v) is 7.28. The molecule has 3 rings (SSSR count). The third-order valence-corrected chi connectivity index (χ3v) is 3.90. The SMILES string of the molecule is CCNc1cc(N2CCC(CO)C2)nc(C2CC2)n1. The van der Waals surface area contributed by atoms with Crippen LogP contribution in [0, 0.1) is 5.92 Å². The van der Waals surface area contributed by atoms with E-state index >= 15 is 0 Å². The fourth-order valence-corrected chi connectivity index (χ4v) is 2.60. The molecule has 0 bridgehead atoms. The zero-order chi connectivity index (χ0) is 13.2. The van der Waals surface area contributed by atoms with Crippen LogP contribution in [0.1, 0.15) is 37.9 Å². The van der Waals surface area contributed by atoms with Crippen molar-refractivity contribution < 1.29 is 5.11 Å². The number of rotatable bonds is 5. The van der Waals surface area contributed by atoms with Crippen molar-refractivity contribution in [1.82, 2.24) is 9.97 Å². The largest absolute Gasteiger partial charge is 0.396 e. The maximum Gasteiger partial charge on any atom is 0.136 e. The lowest BCUT2D eigenvalue weighted by atomic mass is 10.1. The predicted molar refractivity (Wildman–Crippen MR) is 75.6 cm³/mol. The highest BCUT2D eigenvalue weighted by Gasteiger charge is 2.29. The van der Waals surface area contributed by atoms with Crippen molar-refractivity contribution in [1.29, 1.82) is 0 Å². The molecule has 0 spiro atoms. The molecule has 104 valence electrons. The summed E-state index contributed by atoms with van der Waals surface area (Å²) in [5.41, 5.74) is 0. The monoisotopic (exact) mass is 262 g/mol. The van der Waals surface area contributed by atoms with Gasteiger partial charge in [-0.3, -0.25) is 0 Å². The molecule has 5 heteroatoms. The average molecular weight is 262 g/mol. The van der Waals surface area contributed by atoms with E-state index in [1.807, 2.05) is 6.07 Å². The first kappa shape index (κ1) is 12.7. The summed E-state index contributed by atoms with van der Waals surface area (Å²) >= 11 is 0. The van der Waals surface area contributed by atoms with Crippen molar-refractivity contribution in [3.05, 3.63) is 11.9 Å². The summed E-state index contributed by atoms with van der Waals surface area (Å²) in [5.74, 6) is 3.89. The van der Waals surface area contributed by atoms with Crippen LogP contribution in [0.25, 0.3) is 0 Å². The number of hydrogen-bond donors (Lipinski definition) is 2. The first-order chi connectivity index (χ1) is 9.30. The van der Waals surface area contributed by atoms with Gasteiger partial charge >= 0.3 is 0 Å². The number of nitrogens with zero attached hydrogens (tertiary/aromatic N) is 3. The number of anilines is 2. The van der Waals surface area contributed by atoms with Gasteiger partial charge in [-0.1, -0.05) is 0 Å². The van der Waals surface area contributed by atoms with Crippen molar-refractivity contribution in [2.24, 2.45) is 5.92 Å². The predicted octanol–water partition coefficient (Wildman–Crippen LogP) is 1.60. The fourth-order valence-electron chi connectivity index (χ4n) is 2.60. The van der Waals surface area contributed by atoms with E-state index < -0.39 is 0 Å². The Labute approximate surface area is 114 Å². The van der Waals surface area contributed by atoms with Gasteiger partial charge in [0.05, 0.1) is 0 Å². The third-order valence-electron chi connectivity index (χ3n) is 3.90. The summed E-state index contributed by atoms with van der Waals surface area (Å²) in [6, 6.07) is 2.04. The van der Waals surface area contributed by atoms with Gasteiger partial charge in [0.15, 0.2) is 0 Å². The minimum absolute atomic E-state index is 0.275. The molecular weight excluding hydrogens is 240 g/mol. The van der Waals surface area contributed by atoms with Crippen LogP contribution in [0.15, 0.2) is 6.07 Å². The van der Waals surface area contributed by atoms with Crippen molar-refractivity contribution in [2.45, 2.75) is 32.1 Å². The second kappa shape index (κ2) is 5.33. The molecule has 0 aromatic carbocycles. The van der Waals surface area contributed by atoms with E-state index in [1.165, 1.54) is 12.8 Å². The van der Waals surface area contributed by atoms with Crippen molar-refractivity contribution in [3.8, 4) is 0 Å². The molecule has 2 aliphatic rings. The van der Waals surface area contributed by atoms with Gasteiger partial charge in [-0.2, -0.15) is 0 Å². The Balaban J connectivity index is 1.83. The molecule has 1 aliphatic carbocycles. The lowest BCUT2D eigenvalue weighted by molar-refractivity contribution is 0.238. The first-order valence-electron chi connectivity index (χ1n) is 7.28. The molecular formula is C14H22N4O. The molecule has 1 aromatic heterocycles. The summed E-state index contributed by atoms with van der Waals surface area (Å²) in [6.45, 7) is 5.12. The molecule has 2 N–H and O–H groups in total. The molecule has 2 heterocycles. The van der Waals surface area contributed by atoms with Gasteiger partial charge < -0.3 is 15.3 Å². The maximum absolute atomic E-state index is 9.25. The van der Waals surface area contributed by atoms with Crippen LogP contribution < -0.4 is 10.2 Å². The van der Waals surface area contributed by atoms with E-state index in [9.17, 15) is 5.11 Å². The number of aliphatic hydroxyl groups is 1. The van der Waals surface area contributed by atoms with Gasteiger partial charge in [-0.15, -0.1) is 0 Å². The van der Waals surface area contributed by atoms with Gasteiger partial charge in [0.1, 0.15) is 17.5 Å². The van der Waals surface area contributed by atoms with E-state index in [1.54, 1.807) is 0 Å². The molecule has 1 saturated heterocycles. The Morgan fingerprint density at radius 2 is 2.21 bits per heavy atom. The Kier molecular flexibility index (Phi) is 3.55. The summed E-state index contributed by atoms with van der Waals surface area (Å²) in [4.78, 5) is 11.6. The van der Waals surface area contributed by atoms with E-state index in [0.717, 1.165) is 43.5 Å². The van der Waals surface area contributed by atoms with Crippen LogP contribution in [0.2, 0.25) is 0 Å². The highest BCUT2D eigenvalue weighted by molar-refractivity contribution is 5.50. The highest BCUT2D eigenvalue weighted by Crippen LogP contribution is 2.39. The van der Waals surface area contributed by atoms with Crippen LogP contribution >= 0.6 is 0 Å². The van der Waals surface area contributed by atoms with E-state index in [4.69, 9.17) is 4.98 Å². The van der Waals surface area contributed by atoms with Crippen LogP contribution in [-0.4, -0.2) is 41.3 Å². The van der Waals surface area contributed by atoms with Crippen molar-refractivity contribution >= 4 is 11.6 Å². The van der Waals surface area contributed by atoms with Crippen molar-refractivity contribution in [2.75, 3.05) is 36.5 Å². The lowest BCUT2D eigenvalue weighted by Gasteiger charge is -2.19. The maximum atomic E-state index is 9.25.